The van der Waals surface area contributed by atoms with Gasteiger partial charge in [0.25, 0.3) is 0 Å². The number of aryl methyl sites for hydroxylation is 1. The van der Waals surface area contributed by atoms with Gasteiger partial charge in [-0.15, -0.1) is 5.57 Å². The van der Waals surface area contributed by atoms with E-state index in [1.54, 1.807) is 0 Å². The van der Waals surface area contributed by atoms with Crippen LogP contribution in [-0.4, -0.2) is 39.2 Å². The fourth-order valence-electron chi connectivity index (χ4n) is 6.03. The number of benzene rings is 7. The predicted molar refractivity (Wildman–Crippen MR) is 267 cm³/mol. The van der Waals surface area contributed by atoms with E-state index in [2.05, 4.69) is 212 Å². The van der Waals surface area contributed by atoms with Gasteiger partial charge in [-0.25, -0.2) is 11.4 Å². The summed E-state index contributed by atoms with van der Waals surface area (Å²) in [6.07, 6.45) is 4.64. The molecule has 1 fully saturated rings. The van der Waals surface area contributed by atoms with E-state index >= 15 is 0 Å². The fourth-order valence-corrected chi connectivity index (χ4v) is 10.6. The minimum atomic E-state index is -1.54. The average molecular weight is 1010 g/mol. The summed E-state index contributed by atoms with van der Waals surface area (Å²) >= 11 is 0. The summed E-state index contributed by atoms with van der Waals surface area (Å²) < 4.78 is 13.8. The molecule has 1 aliphatic heterocycles. The Morgan fingerprint density at radius 2 is 0.896 bits per heavy atom. The van der Waals surface area contributed by atoms with E-state index in [-0.39, 0.29) is 30.6 Å². The zero-order valence-electron chi connectivity index (χ0n) is 37.4. The first-order valence-electron chi connectivity index (χ1n) is 20.6. The van der Waals surface area contributed by atoms with Gasteiger partial charge >= 0.3 is 25.5 Å². The molecule has 0 bridgehead atoms. The number of hydrogen-bond donors (Lipinski definition) is 0. The Morgan fingerprint density at radius 3 is 1.15 bits per heavy atom. The normalized spacial score (nSPS) is 12.0. The first kappa shape index (κ1) is 53.2. The molecule has 0 unspecified atom stereocenters. The number of methoxy groups -OCH3 is 3. The molecule has 1 saturated heterocycles. The Labute approximate surface area is 409 Å². The van der Waals surface area contributed by atoms with Crippen LogP contribution in [0.2, 0.25) is 0 Å². The van der Waals surface area contributed by atoms with Crippen molar-refractivity contribution in [3.63, 3.8) is 0 Å². The number of ether oxygens (including phenoxy) is 3. The molecule has 0 N–H and O–H groups in total. The van der Waals surface area contributed by atoms with E-state index in [0.717, 1.165) is 12.2 Å². The number of esters is 2. The van der Waals surface area contributed by atoms with Crippen LogP contribution >= 0.6 is 15.8 Å². The predicted octanol–water partition coefficient (Wildman–Crippen LogP) is 9.67. The van der Waals surface area contributed by atoms with E-state index in [0.29, 0.717) is 5.69 Å². The summed E-state index contributed by atoms with van der Waals surface area (Å²) in [7, 11) is 2.79. The zero-order chi connectivity index (χ0) is 47.0. The van der Waals surface area contributed by atoms with E-state index in [1.807, 2.05) is 31.2 Å². The number of nitrogens with zero attached hydrogens (tertiary/aromatic N) is 1. The number of hydrogen-bond acceptors (Lipinski definition) is 7. The third kappa shape index (κ3) is 16.7. The second kappa shape index (κ2) is 28.6. The summed E-state index contributed by atoms with van der Waals surface area (Å²) in [5, 5.41) is 8.39. The first-order chi connectivity index (χ1) is 32.2. The molecule has 7 aromatic rings. The van der Waals surface area contributed by atoms with Crippen LogP contribution in [0, 0.1) is 26.2 Å². The second-order valence-corrected chi connectivity index (χ2v) is 18.3. The summed E-state index contributed by atoms with van der Waals surface area (Å²) in [6.45, 7) is 14.1. The summed E-state index contributed by atoms with van der Waals surface area (Å²) in [5.74, 6) is -2.96. The Bertz CT molecular complexity index is 2360. The SMILES string of the molecule is [C-]#[N+]c1ccc(C)cc1.[CH-]=C(/C=C(\[C-]=CC(=O)OC)C1(OC)OO1)C(=O)OC.[Ru+2].c1ccc(P(c2ccccc2)c2ccccc2)cc1.c1ccc(P(c2ccccc2)c2ccccc2)cc1. The standard InChI is InChI=1S/2C18H15P.C12H12O7.C8H7N.Ru/c2*1-4-10-16(11-5-1)19(17-12-6-2-7-13-17)18-14-8-3-9-15-18;1-8(11(14)16-3)7-9(5-6-10(13)15-2)12(17-4)18-19-12;1-7-3-5-8(9-2)6-4-7;/h2*1-15H;1,6-7H,2-4H3;3-6H,1H3;/q;;-2;;+2/b;;9-7+;;. The number of rotatable bonds is 12. The van der Waals surface area contributed by atoms with Gasteiger partial charge in [-0.3, -0.25) is 0 Å². The van der Waals surface area contributed by atoms with Crippen LogP contribution < -0.4 is 31.8 Å². The van der Waals surface area contributed by atoms with Crippen LogP contribution in [0.25, 0.3) is 4.85 Å². The van der Waals surface area contributed by atoms with Crippen LogP contribution in [0.15, 0.2) is 230 Å². The van der Waals surface area contributed by atoms with Crippen molar-refractivity contribution in [2.24, 2.45) is 0 Å². The van der Waals surface area contributed by atoms with Gasteiger partial charge in [-0.2, -0.15) is 21.9 Å². The van der Waals surface area contributed by atoms with E-state index in [4.69, 9.17) is 17.9 Å². The van der Waals surface area contributed by atoms with E-state index in [9.17, 15) is 9.59 Å². The quantitative estimate of drug-likeness (QED) is 0.0176. The van der Waals surface area contributed by atoms with Crippen molar-refractivity contribution in [2.45, 2.75) is 12.9 Å². The van der Waals surface area contributed by atoms with Crippen LogP contribution in [0.1, 0.15) is 5.56 Å². The van der Waals surface area contributed by atoms with Gasteiger partial charge in [-0.1, -0.05) is 223 Å². The van der Waals surface area contributed by atoms with Crippen LogP contribution in [0.3, 0.4) is 0 Å². The Hall–Kier alpha value is -6.45. The van der Waals surface area contributed by atoms with Gasteiger partial charge in [0.1, 0.15) is 0 Å². The minimum Gasteiger partial charge on any atom is -0.523 e. The molecule has 67 heavy (non-hydrogen) atoms. The van der Waals surface area contributed by atoms with Crippen LogP contribution in [0.4, 0.5) is 5.69 Å². The van der Waals surface area contributed by atoms with Crippen molar-refractivity contribution in [2.75, 3.05) is 21.3 Å². The van der Waals surface area contributed by atoms with E-state index in [1.165, 1.54) is 58.7 Å². The molecule has 8 rings (SSSR count). The molecule has 0 atom stereocenters. The third-order valence-electron chi connectivity index (χ3n) is 9.35. The molecule has 7 aromatic carbocycles. The van der Waals surface area contributed by atoms with Crippen molar-refractivity contribution >= 4 is 65.3 Å². The van der Waals surface area contributed by atoms with Crippen molar-refractivity contribution < 1.29 is 53.1 Å². The van der Waals surface area contributed by atoms with Gasteiger partial charge in [0.05, 0.1) is 20.8 Å². The second-order valence-electron chi connectivity index (χ2n) is 13.9. The molecular formula is C56H49NO7P2Ru. The van der Waals surface area contributed by atoms with Crippen molar-refractivity contribution in [1.29, 1.82) is 0 Å². The smallest absolute Gasteiger partial charge is 0.523 e. The maximum atomic E-state index is 11.2. The molecule has 0 saturated carbocycles. The number of carbonyl (C=O) groups excluding carboxylic acids is 2. The third-order valence-corrected chi connectivity index (χ3v) is 14.2. The van der Waals surface area contributed by atoms with Crippen molar-refractivity contribution in [3.05, 3.63) is 259 Å². The molecule has 1 aliphatic rings. The largest absolute Gasteiger partial charge is 2.00 e. The van der Waals surface area contributed by atoms with Gasteiger partial charge in [0.15, 0.2) is 5.69 Å². The van der Waals surface area contributed by atoms with Gasteiger partial charge in [-0.05, 0) is 54.6 Å². The summed E-state index contributed by atoms with van der Waals surface area (Å²) in [4.78, 5) is 34.7. The Balaban J connectivity index is 0.000000200. The maximum Gasteiger partial charge on any atom is 2.00 e. The van der Waals surface area contributed by atoms with Gasteiger partial charge < -0.3 is 23.8 Å². The van der Waals surface area contributed by atoms with Crippen molar-refractivity contribution in [1.82, 2.24) is 0 Å². The molecule has 1 heterocycles. The average Bonchev–Trinajstić information content (AvgIpc) is 4.19. The molecule has 0 aliphatic carbocycles. The first-order valence-corrected chi connectivity index (χ1v) is 23.3. The summed E-state index contributed by atoms with van der Waals surface area (Å²) in [6, 6.07) is 72.2. The number of carbonyl (C=O) groups is 2. The molecule has 0 spiro atoms. The van der Waals surface area contributed by atoms with Gasteiger partial charge in [0.2, 0.25) is 11.9 Å². The molecular weight excluding hydrogens is 962 g/mol. The molecule has 8 nitrogen and oxygen atoms in total. The molecule has 0 radical (unpaired) electrons. The fraction of sp³-hybridized carbons (Fsp3) is 0.0893. The summed E-state index contributed by atoms with van der Waals surface area (Å²) in [5.41, 5.74) is 1.74. The monoisotopic (exact) mass is 1010 g/mol. The minimum absolute atomic E-state index is 0. The zero-order valence-corrected chi connectivity index (χ0v) is 40.9. The van der Waals surface area contributed by atoms with Crippen LogP contribution in [-0.2, 0) is 53.1 Å². The molecule has 11 heteroatoms. The van der Waals surface area contributed by atoms with Crippen molar-refractivity contribution in [3.8, 4) is 0 Å². The van der Waals surface area contributed by atoms with Gasteiger partial charge in [0, 0.05) is 7.11 Å². The topological polar surface area (TPSA) is 91.3 Å². The maximum absolute atomic E-state index is 11.2. The van der Waals surface area contributed by atoms with Crippen LogP contribution in [0.5, 0.6) is 0 Å². The molecule has 0 aromatic heterocycles. The van der Waals surface area contributed by atoms with E-state index < -0.39 is 33.8 Å². The molecule has 338 valence electrons. The Morgan fingerprint density at radius 1 is 0.567 bits per heavy atom. The molecule has 0 amide bonds. The Kier molecular flexibility index (Phi) is 22.7.